The summed E-state index contributed by atoms with van der Waals surface area (Å²) in [4.78, 5) is 10.9. The molecule has 0 unspecified atom stereocenters. The number of hydrogen-bond acceptors (Lipinski definition) is 3. The van der Waals surface area contributed by atoms with Gasteiger partial charge in [-0.2, -0.15) is 0 Å². The third-order valence-electron chi connectivity index (χ3n) is 4.42. The van der Waals surface area contributed by atoms with Gasteiger partial charge in [-0.3, -0.25) is 0 Å². The van der Waals surface area contributed by atoms with Crippen LogP contribution in [0, 0.1) is 18.8 Å². The van der Waals surface area contributed by atoms with Crippen LogP contribution in [0.1, 0.15) is 27.0 Å². The van der Waals surface area contributed by atoms with E-state index in [1.54, 1.807) is 37.5 Å². The summed E-state index contributed by atoms with van der Waals surface area (Å²) in [5.41, 5.74) is 5.35. The molecule has 30 heavy (non-hydrogen) atoms. The largest absolute Gasteiger partial charge is 0.478 e. The van der Waals surface area contributed by atoms with Crippen LogP contribution in [0.25, 0.3) is 17.2 Å². The maximum atomic E-state index is 10.9. The SMILES string of the molecule is COCOc1ccc(-c2ccc(C)cc2)c(/C=C/C#Cc2ccc(C(=O)O)cc2)c1. The molecule has 3 rings (SSSR count). The fraction of sp³-hybridized carbons (Fsp3) is 0.115. The lowest BCUT2D eigenvalue weighted by molar-refractivity contribution is 0.0511. The Kier molecular flexibility index (Phi) is 7.05. The number of rotatable bonds is 6. The van der Waals surface area contributed by atoms with Crippen LogP contribution in [0.3, 0.4) is 0 Å². The lowest BCUT2D eigenvalue weighted by atomic mass is 9.98. The third-order valence-corrected chi connectivity index (χ3v) is 4.42. The molecular formula is C26H22O4. The maximum absolute atomic E-state index is 10.9. The molecule has 0 aromatic heterocycles. The predicted octanol–water partition coefficient (Wildman–Crippen LogP) is 5.41. The van der Waals surface area contributed by atoms with E-state index in [0.29, 0.717) is 5.75 Å². The highest BCUT2D eigenvalue weighted by Gasteiger charge is 2.05. The van der Waals surface area contributed by atoms with Gasteiger partial charge < -0.3 is 14.6 Å². The topological polar surface area (TPSA) is 55.8 Å². The first kappa shape index (κ1) is 20.9. The van der Waals surface area contributed by atoms with Crippen molar-refractivity contribution in [3.63, 3.8) is 0 Å². The summed E-state index contributed by atoms with van der Waals surface area (Å²) in [6.45, 7) is 2.24. The van der Waals surface area contributed by atoms with E-state index in [9.17, 15) is 4.79 Å². The van der Waals surface area contributed by atoms with Gasteiger partial charge in [0.05, 0.1) is 5.56 Å². The number of allylic oxidation sites excluding steroid dienone is 1. The van der Waals surface area contributed by atoms with Gasteiger partial charge in [0.25, 0.3) is 0 Å². The first-order valence-electron chi connectivity index (χ1n) is 9.41. The van der Waals surface area contributed by atoms with E-state index < -0.39 is 5.97 Å². The summed E-state index contributed by atoms with van der Waals surface area (Å²) in [6.07, 6.45) is 3.71. The maximum Gasteiger partial charge on any atom is 0.335 e. The standard InChI is InChI=1S/C26H22O4/c1-19-7-11-21(12-8-19)25-16-15-24(30-18-29-2)17-23(25)6-4-3-5-20-9-13-22(14-10-20)26(27)28/h4,6-17H,18H2,1-2H3,(H,27,28)/b6-4+. The highest BCUT2D eigenvalue weighted by molar-refractivity contribution is 5.87. The number of aromatic carboxylic acids is 1. The highest BCUT2D eigenvalue weighted by atomic mass is 16.7. The summed E-state index contributed by atoms with van der Waals surface area (Å²) in [5, 5.41) is 8.96. The van der Waals surface area contributed by atoms with Gasteiger partial charge in [0, 0.05) is 12.7 Å². The smallest absolute Gasteiger partial charge is 0.335 e. The molecule has 0 aliphatic heterocycles. The van der Waals surface area contributed by atoms with Crippen LogP contribution >= 0.6 is 0 Å². The second-order valence-corrected chi connectivity index (χ2v) is 6.65. The Balaban J connectivity index is 1.87. The summed E-state index contributed by atoms with van der Waals surface area (Å²) >= 11 is 0. The zero-order chi connectivity index (χ0) is 21.3. The lowest BCUT2D eigenvalue weighted by Gasteiger charge is -2.10. The van der Waals surface area contributed by atoms with Crippen molar-refractivity contribution in [2.24, 2.45) is 0 Å². The summed E-state index contributed by atoms with van der Waals surface area (Å²) in [6, 6.07) is 20.7. The Hall–Kier alpha value is -3.81. The number of ether oxygens (including phenoxy) is 2. The highest BCUT2D eigenvalue weighted by Crippen LogP contribution is 2.29. The quantitative estimate of drug-likeness (QED) is 0.446. The Morgan fingerprint density at radius 1 is 1.03 bits per heavy atom. The van der Waals surface area contributed by atoms with Crippen LogP contribution < -0.4 is 4.74 Å². The average molecular weight is 398 g/mol. The van der Waals surface area contributed by atoms with Crippen LogP contribution in [-0.2, 0) is 4.74 Å². The van der Waals surface area contributed by atoms with E-state index in [0.717, 1.165) is 22.3 Å². The fourth-order valence-electron chi connectivity index (χ4n) is 2.84. The second-order valence-electron chi connectivity index (χ2n) is 6.65. The molecular weight excluding hydrogens is 376 g/mol. The molecule has 0 fully saturated rings. The zero-order valence-electron chi connectivity index (χ0n) is 16.9. The molecule has 0 atom stereocenters. The lowest BCUT2D eigenvalue weighted by Crippen LogP contribution is -1.99. The molecule has 150 valence electrons. The first-order chi connectivity index (χ1) is 14.6. The average Bonchev–Trinajstić information content (AvgIpc) is 2.76. The molecule has 0 radical (unpaired) electrons. The van der Waals surface area contributed by atoms with E-state index in [1.165, 1.54) is 5.56 Å². The minimum absolute atomic E-state index is 0.180. The first-order valence-corrected chi connectivity index (χ1v) is 9.41. The molecule has 3 aromatic rings. The molecule has 0 spiro atoms. The van der Waals surface area contributed by atoms with Crippen molar-refractivity contribution in [1.29, 1.82) is 0 Å². The fourth-order valence-corrected chi connectivity index (χ4v) is 2.84. The number of carboxylic acid groups (broad SMARTS) is 1. The van der Waals surface area contributed by atoms with Crippen LogP contribution in [-0.4, -0.2) is 25.0 Å². The minimum atomic E-state index is -0.950. The number of benzene rings is 3. The van der Waals surface area contributed by atoms with Crippen LogP contribution in [0.2, 0.25) is 0 Å². The van der Waals surface area contributed by atoms with Crippen molar-refractivity contribution in [2.75, 3.05) is 13.9 Å². The van der Waals surface area contributed by atoms with Crippen molar-refractivity contribution >= 4 is 12.0 Å². The predicted molar refractivity (Wildman–Crippen MR) is 118 cm³/mol. The van der Waals surface area contributed by atoms with E-state index in [2.05, 4.69) is 43.0 Å². The van der Waals surface area contributed by atoms with Gasteiger partial charge in [-0.1, -0.05) is 47.7 Å². The molecule has 1 N–H and O–H groups in total. The molecule has 0 heterocycles. The monoisotopic (exact) mass is 398 g/mol. The molecule has 0 bridgehead atoms. The van der Waals surface area contributed by atoms with E-state index in [4.69, 9.17) is 14.6 Å². The molecule has 4 heteroatoms. The van der Waals surface area contributed by atoms with E-state index in [-0.39, 0.29) is 12.4 Å². The van der Waals surface area contributed by atoms with E-state index in [1.807, 2.05) is 24.3 Å². The summed E-state index contributed by atoms with van der Waals surface area (Å²) < 4.78 is 10.6. The van der Waals surface area contributed by atoms with Gasteiger partial charge in [-0.15, -0.1) is 0 Å². The Bertz CT molecular complexity index is 1100. The van der Waals surface area contributed by atoms with Crippen LogP contribution in [0.5, 0.6) is 5.75 Å². The van der Waals surface area contributed by atoms with E-state index >= 15 is 0 Å². The number of carbonyl (C=O) groups is 1. The van der Waals surface area contributed by atoms with Crippen molar-refractivity contribution in [3.05, 3.63) is 95.1 Å². The molecule has 0 saturated carbocycles. The Labute approximate surface area is 176 Å². The molecule has 4 nitrogen and oxygen atoms in total. The zero-order valence-corrected chi connectivity index (χ0v) is 16.9. The number of hydrogen-bond donors (Lipinski definition) is 1. The van der Waals surface area contributed by atoms with Gasteiger partial charge >= 0.3 is 5.97 Å². The Morgan fingerprint density at radius 2 is 1.77 bits per heavy atom. The number of methoxy groups -OCH3 is 1. The van der Waals surface area contributed by atoms with Crippen molar-refractivity contribution in [1.82, 2.24) is 0 Å². The summed E-state index contributed by atoms with van der Waals surface area (Å²) in [7, 11) is 1.58. The van der Waals surface area contributed by atoms with Gasteiger partial charge in [-0.25, -0.2) is 4.79 Å². The number of aryl methyl sites for hydroxylation is 1. The van der Waals surface area contributed by atoms with Gasteiger partial charge in [0.2, 0.25) is 0 Å². The second kappa shape index (κ2) is 10.1. The van der Waals surface area contributed by atoms with Gasteiger partial charge in [0.1, 0.15) is 5.75 Å². The molecule has 0 aliphatic carbocycles. The minimum Gasteiger partial charge on any atom is -0.478 e. The number of carboxylic acids is 1. The van der Waals surface area contributed by atoms with Crippen molar-refractivity contribution in [3.8, 4) is 28.7 Å². The van der Waals surface area contributed by atoms with Crippen molar-refractivity contribution < 1.29 is 19.4 Å². The molecule has 0 saturated heterocycles. The van der Waals surface area contributed by atoms with Crippen LogP contribution in [0.15, 0.2) is 72.8 Å². The third kappa shape index (κ3) is 5.60. The molecule has 3 aromatic carbocycles. The van der Waals surface area contributed by atoms with Crippen molar-refractivity contribution in [2.45, 2.75) is 6.92 Å². The van der Waals surface area contributed by atoms with Crippen LogP contribution in [0.4, 0.5) is 0 Å². The summed E-state index contributed by atoms with van der Waals surface area (Å²) in [5.74, 6) is 5.78. The molecule has 0 aliphatic rings. The van der Waals surface area contributed by atoms with Gasteiger partial charge in [-0.05, 0) is 72.2 Å². The normalized spacial score (nSPS) is 10.5. The van der Waals surface area contributed by atoms with Gasteiger partial charge in [0.15, 0.2) is 6.79 Å². The molecule has 0 amide bonds. The Morgan fingerprint density at radius 3 is 2.43 bits per heavy atom.